The molecule has 1 unspecified atom stereocenters. The summed E-state index contributed by atoms with van der Waals surface area (Å²) in [6.07, 6.45) is -3.21. The first-order valence-electron chi connectivity index (χ1n) is 7.96. The summed E-state index contributed by atoms with van der Waals surface area (Å²) >= 11 is 5.31. The summed E-state index contributed by atoms with van der Waals surface area (Å²) in [5.74, 6) is 0. The maximum Gasteiger partial charge on any atom is 0.331 e. The van der Waals surface area contributed by atoms with Crippen LogP contribution in [0.25, 0.3) is 0 Å². The van der Waals surface area contributed by atoms with Crippen LogP contribution in [0, 0.1) is 4.64 Å². The molecule has 0 saturated carbocycles. The van der Waals surface area contributed by atoms with Gasteiger partial charge in [0, 0.05) is 6.20 Å². The van der Waals surface area contributed by atoms with Crippen LogP contribution in [0.5, 0.6) is 0 Å². The Morgan fingerprint density at radius 1 is 1.20 bits per heavy atom. The number of aliphatic hydroxyl groups excluding tert-OH is 3. The van der Waals surface area contributed by atoms with E-state index in [-0.39, 0.29) is 6.04 Å². The molecule has 1 aliphatic heterocycles. The third kappa shape index (κ3) is 3.19. The fraction of sp³-hybridized carbons (Fsp3) is 0.412. The van der Waals surface area contributed by atoms with Crippen LogP contribution in [-0.4, -0.2) is 49.4 Å². The highest BCUT2D eigenvalue weighted by molar-refractivity contribution is 7.71. The van der Waals surface area contributed by atoms with Gasteiger partial charge in [-0.3, -0.25) is 9.13 Å². The molecule has 1 fully saturated rings. The Labute approximate surface area is 149 Å². The van der Waals surface area contributed by atoms with Crippen LogP contribution in [0.4, 0.5) is 0 Å². The summed E-state index contributed by atoms with van der Waals surface area (Å²) in [5.41, 5.74) is 0.452. The van der Waals surface area contributed by atoms with Gasteiger partial charge in [0.1, 0.15) is 23.0 Å². The van der Waals surface area contributed by atoms with Gasteiger partial charge in [-0.1, -0.05) is 42.5 Å². The van der Waals surface area contributed by atoms with Crippen molar-refractivity contribution in [3.8, 4) is 0 Å². The molecule has 25 heavy (non-hydrogen) atoms. The third-order valence-corrected chi connectivity index (χ3v) is 4.84. The van der Waals surface area contributed by atoms with Gasteiger partial charge in [-0.2, -0.15) is 0 Å². The van der Waals surface area contributed by atoms with Crippen molar-refractivity contribution in [1.29, 1.82) is 0 Å². The summed E-state index contributed by atoms with van der Waals surface area (Å²) in [6, 6.07) is 10.7. The van der Waals surface area contributed by atoms with Gasteiger partial charge in [0.25, 0.3) is 0 Å². The molecule has 1 saturated heterocycles. The Bertz CT molecular complexity index is 850. The minimum Gasteiger partial charge on any atom is -0.394 e. The van der Waals surface area contributed by atoms with Crippen molar-refractivity contribution in [2.75, 3.05) is 6.61 Å². The van der Waals surface area contributed by atoms with Crippen LogP contribution in [0.15, 0.2) is 47.4 Å². The highest BCUT2D eigenvalue weighted by Crippen LogP contribution is 2.28. The van der Waals surface area contributed by atoms with E-state index in [0.717, 1.165) is 5.56 Å². The smallest absolute Gasteiger partial charge is 0.331 e. The number of ether oxygens (including phenoxy) is 1. The Hall–Kier alpha value is -1.84. The Morgan fingerprint density at radius 3 is 2.48 bits per heavy atom. The third-order valence-electron chi connectivity index (χ3n) is 4.50. The summed E-state index contributed by atoms with van der Waals surface area (Å²) in [5, 5.41) is 29.3. The van der Waals surface area contributed by atoms with E-state index in [1.54, 1.807) is 6.07 Å². The lowest BCUT2D eigenvalue weighted by molar-refractivity contribution is -0.0556. The first-order valence-corrected chi connectivity index (χ1v) is 8.37. The molecule has 3 rings (SSSR count). The second-order valence-electron chi connectivity index (χ2n) is 6.03. The largest absolute Gasteiger partial charge is 0.394 e. The zero-order valence-electron chi connectivity index (χ0n) is 13.6. The van der Waals surface area contributed by atoms with Crippen LogP contribution in [0.3, 0.4) is 0 Å². The van der Waals surface area contributed by atoms with E-state index in [9.17, 15) is 20.1 Å². The van der Waals surface area contributed by atoms with Crippen molar-refractivity contribution in [2.24, 2.45) is 0 Å². The number of benzene rings is 1. The minimum atomic E-state index is -1.33. The Balaban J connectivity index is 2.05. The Kier molecular flexibility index (Phi) is 5.16. The molecule has 0 spiro atoms. The van der Waals surface area contributed by atoms with Gasteiger partial charge < -0.3 is 20.1 Å². The standard InChI is InChI=1S/C17H20N2O5S/c1-10(11-5-3-2-4-6-11)19-13(25)7-8-18(17(19)23)16-15(22)14(21)12(9-20)24-16/h2-8,10,12,14-16,20-22H,9H2,1H3/t10?,12-,14-,15-,16-/m1/s1. The number of aromatic nitrogens is 2. The number of hydrogen-bond acceptors (Lipinski definition) is 6. The monoisotopic (exact) mass is 364 g/mol. The van der Waals surface area contributed by atoms with Gasteiger partial charge in [-0.05, 0) is 18.6 Å². The maximum absolute atomic E-state index is 13.0. The Morgan fingerprint density at radius 2 is 1.88 bits per heavy atom. The van der Waals surface area contributed by atoms with Crippen molar-refractivity contribution in [2.45, 2.75) is 37.5 Å². The molecule has 8 heteroatoms. The number of rotatable bonds is 4. The maximum atomic E-state index is 13.0. The quantitative estimate of drug-likeness (QED) is 0.688. The van der Waals surface area contributed by atoms with Gasteiger partial charge in [-0.15, -0.1) is 0 Å². The molecule has 0 amide bonds. The van der Waals surface area contributed by atoms with E-state index in [0.29, 0.717) is 4.64 Å². The zero-order chi connectivity index (χ0) is 18.1. The van der Waals surface area contributed by atoms with Crippen LogP contribution in [0.1, 0.15) is 24.8 Å². The van der Waals surface area contributed by atoms with Crippen molar-refractivity contribution in [1.82, 2.24) is 9.13 Å². The topological polar surface area (TPSA) is 96.8 Å². The zero-order valence-corrected chi connectivity index (χ0v) is 14.4. The molecule has 0 bridgehead atoms. The second-order valence-corrected chi connectivity index (χ2v) is 6.45. The molecule has 1 aromatic heterocycles. The normalized spacial score (nSPS) is 27.4. The van der Waals surface area contributed by atoms with Crippen LogP contribution < -0.4 is 5.69 Å². The molecule has 2 heterocycles. The molecule has 0 radical (unpaired) electrons. The number of nitrogens with zero attached hydrogens (tertiary/aromatic N) is 2. The van der Waals surface area contributed by atoms with Crippen molar-refractivity contribution >= 4 is 12.2 Å². The second kappa shape index (κ2) is 7.19. The molecule has 0 aliphatic carbocycles. The highest BCUT2D eigenvalue weighted by atomic mass is 32.1. The van der Waals surface area contributed by atoms with E-state index in [1.807, 2.05) is 37.3 Å². The molecule has 134 valence electrons. The summed E-state index contributed by atoms with van der Waals surface area (Å²) < 4.78 is 8.42. The van der Waals surface area contributed by atoms with Crippen molar-refractivity contribution in [3.63, 3.8) is 0 Å². The summed E-state index contributed by atoms with van der Waals surface area (Å²) in [4.78, 5) is 13.0. The molecule has 7 nitrogen and oxygen atoms in total. The molecule has 2 aromatic rings. The van der Waals surface area contributed by atoms with Gasteiger partial charge in [0.15, 0.2) is 6.23 Å². The molecule has 3 N–H and O–H groups in total. The lowest BCUT2D eigenvalue weighted by Gasteiger charge is -2.22. The lowest BCUT2D eigenvalue weighted by atomic mass is 10.1. The van der Waals surface area contributed by atoms with E-state index >= 15 is 0 Å². The molecular weight excluding hydrogens is 344 g/mol. The van der Waals surface area contributed by atoms with Crippen LogP contribution in [0.2, 0.25) is 0 Å². The molecule has 1 aromatic carbocycles. The molecule has 5 atom stereocenters. The average Bonchev–Trinajstić information content (AvgIpc) is 2.90. The molecule has 1 aliphatic rings. The predicted octanol–water partition coefficient (Wildman–Crippen LogP) is 0.600. The van der Waals surface area contributed by atoms with Crippen LogP contribution in [-0.2, 0) is 4.74 Å². The predicted molar refractivity (Wildman–Crippen MR) is 92.8 cm³/mol. The SMILES string of the molecule is CC(c1ccccc1)n1c(=S)ccn([C@@H]2O[C@H](CO)[C@@H](O)[C@H]2O)c1=O. The lowest BCUT2D eigenvalue weighted by Crippen LogP contribution is -2.39. The summed E-state index contributed by atoms with van der Waals surface area (Å²) in [7, 11) is 0. The fourth-order valence-electron chi connectivity index (χ4n) is 3.05. The van der Waals surface area contributed by atoms with Crippen molar-refractivity contribution in [3.05, 3.63) is 63.3 Å². The van der Waals surface area contributed by atoms with Gasteiger partial charge in [-0.25, -0.2) is 4.79 Å². The van der Waals surface area contributed by atoms with Gasteiger partial charge in [0.2, 0.25) is 0 Å². The number of aliphatic hydroxyl groups is 3. The van der Waals surface area contributed by atoms with E-state index < -0.39 is 36.8 Å². The average molecular weight is 364 g/mol. The van der Waals surface area contributed by atoms with E-state index in [4.69, 9.17) is 17.0 Å². The fourth-order valence-corrected chi connectivity index (χ4v) is 3.34. The van der Waals surface area contributed by atoms with Gasteiger partial charge >= 0.3 is 5.69 Å². The first kappa shape index (κ1) is 18.0. The van der Waals surface area contributed by atoms with Crippen LogP contribution >= 0.6 is 12.2 Å². The molecular formula is C17H20N2O5S. The summed E-state index contributed by atoms with van der Waals surface area (Å²) in [6.45, 7) is 1.40. The minimum absolute atomic E-state index is 0.314. The van der Waals surface area contributed by atoms with E-state index in [2.05, 4.69) is 0 Å². The number of hydrogen-bond donors (Lipinski definition) is 3. The highest BCUT2D eigenvalue weighted by Gasteiger charge is 2.43. The van der Waals surface area contributed by atoms with E-state index in [1.165, 1.54) is 15.3 Å². The van der Waals surface area contributed by atoms with Gasteiger partial charge in [0.05, 0.1) is 12.6 Å². The van der Waals surface area contributed by atoms with Crippen molar-refractivity contribution < 1.29 is 20.1 Å². The first-order chi connectivity index (χ1) is 12.0.